The molecular weight excluding hydrogens is 398 g/mol. The molecule has 32 heavy (non-hydrogen) atoms. The quantitative estimate of drug-likeness (QED) is 0.497. The Morgan fingerprint density at radius 1 is 1.19 bits per heavy atom. The van der Waals surface area contributed by atoms with Crippen molar-refractivity contribution in [3.63, 3.8) is 0 Å². The van der Waals surface area contributed by atoms with Crippen molar-refractivity contribution < 1.29 is 0 Å². The number of rotatable bonds is 7. The van der Waals surface area contributed by atoms with Crippen molar-refractivity contribution in [2.75, 3.05) is 26.7 Å². The van der Waals surface area contributed by atoms with E-state index in [4.69, 9.17) is 4.98 Å². The monoisotopic (exact) mass is 431 g/mol. The van der Waals surface area contributed by atoms with Gasteiger partial charge in [0.1, 0.15) is 5.82 Å². The minimum Gasteiger partial charge on any atom is -0.349 e. The molecule has 2 aromatic rings. The maximum Gasteiger partial charge on any atom is 0.195 e. The molecule has 0 radical (unpaired) electrons. The molecule has 0 fully saturated rings. The van der Waals surface area contributed by atoms with Crippen molar-refractivity contribution in [1.29, 1.82) is 0 Å². The van der Waals surface area contributed by atoms with Gasteiger partial charge in [-0.3, -0.25) is 9.89 Å². The minimum atomic E-state index is 0.654. The van der Waals surface area contributed by atoms with Crippen molar-refractivity contribution in [2.24, 2.45) is 4.99 Å². The van der Waals surface area contributed by atoms with Crippen molar-refractivity contribution in [2.45, 2.75) is 46.3 Å². The number of allylic oxidation sites excluding steroid dienone is 4. The summed E-state index contributed by atoms with van der Waals surface area (Å²) in [6.45, 7) is 9.46. The van der Waals surface area contributed by atoms with E-state index < -0.39 is 0 Å². The van der Waals surface area contributed by atoms with E-state index in [1.165, 1.54) is 17.0 Å². The van der Waals surface area contributed by atoms with E-state index in [1.54, 1.807) is 12.4 Å². The van der Waals surface area contributed by atoms with E-state index >= 15 is 0 Å². The van der Waals surface area contributed by atoms with Gasteiger partial charge in [0.25, 0.3) is 0 Å². The average molecular weight is 432 g/mol. The Morgan fingerprint density at radius 3 is 2.81 bits per heavy atom. The largest absolute Gasteiger partial charge is 0.349 e. The maximum absolute atomic E-state index is 5.09. The molecule has 7 heteroatoms. The Labute approximate surface area is 190 Å². The Balaban J connectivity index is 1.51. The summed E-state index contributed by atoms with van der Waals surface area (Å²) >= 11 is 0. The highest BCUT2D eigenvalue weighted by atomic mass is 15.2. The molecule has 1 aliphatic heterocycles. The summed E-state index contributed by atoms with van der Waals surface area (Å²) in [5, 5.41) is 0. The summed E-state index contributed by atoms with van der Waals surface area (Å²) in [5.41, 5.74) is 3.98. The predicted octanol–water partition coefficient (Wildman–Crippen LogP) is 3.39. The second-order valence-corrected chi connectivity index (χ2v) is 8.15. The summed E-state index contributed by atoms with van der Waals surface area (Å²) < 4.78 is 2.38. The lowest BCUT2D eigenvalue weighted by Gasteiger charge is -2.27. The van der Waals surface area contributed by atoms with Gasteiger partial charge < -0.3 is 9.47 Å². The molecule has 0 amide bonds. The van der Waals surface area contributed by atoms with Gasteiger partial charge in [-0.1, -0.05) is 30.4 Å². The lowest BCUT2D eigenvalue weighted by Crippen LogP contribution is -2.32. The van der Waals surface area contributed by atoms with Crippen LogP contribution in [-0.4, -0.2) is 61.8 Å². The number of nitrogens with zero attached hydrogens (tertiary/aromatic N) is 7. The third-order valence-corrected chi connectivity index (χ3v) is 5.88. The van der Waals surface area contributed by atoms with E-state index in [-0.39, 0.29) is 0 Å². The van der Waals surface area contributed by atoms with Gasteiger partial charge in [0, 0.05) is 64.3 Å². The number of amidine groups is 1. The van der Waals surface area contributed by atoms with Gasteiger partial charge in [-0.15, -0.1) is 0 Å². The number of fused-ring (bicyclic) bond motifs is 1. The van der Waals surface area contributed by atoms with Gasteiger partial charge in [-0.25, -0.2) is 15.0 Å². The zero-order valence-corrected chi connectivity index (χ0v) is 19.4. The van der Waals surface area contributed by atoms with E-state index in [9.17, 15) is 0 Å². The minimum absolute atomic E-state index is 0.654. The summed E-state index contributed by atoms with van der Waals surface area (Å²) in [6, 6.07) is 1.83. The summed E-state index contributed by atoms with van der Waals surface area (Å²) in [6.07, 6.45) is 16.6. The van der Waals surface area contributed by atoms with Crippen LogP contribution in [0.4, 0.5) is 0 Å². The van der Waals surface area contributed by atoms with E-state index in [0.717, 1.165) is 50.7 Å². The highest BCUT2D eigenvalue weighted by Crippen LogP contribution is 2.23. The van der Waals surface area contributed by atoms with Gasteiger partial charge in [0.05, 0.1) is 12.2 Å². The smallest absolute Gasteiger partial charge is 0.195 e. The fourth-order valence-electron chi connectivity index (χ4n) is 4.39. The fraction of sp³-hybridized carbons (Fsp3) is 0.440. The molecule has 7 nitrogen and oxygen atoms in total. The fourth-order valence-corrected chi connectivity index (χ4v) is 4.39. The molecule has 0 saturated carbocycles. The first-order valence-electron chi connectivity index (χ1n) is 11.5. The first-order valence-corrected chi connectivity index (χ1v) is 11.5. The van der Waals surface area contributed by atoms with Crippen LogP contribution in [0.15, 0.2) is 59.4 Å². The van der Waals surface area contributed by atoms with E-state index in [0.29, 0.717) is 18.9 Å². The van der Waals surface area contributed by atoms with E-state index in [1.807, 2.05) is 20.0 Å². The van der Waals surface area contributed by atoms with Crippen LogP contribution in [0, 0.1) is 0 Å². The first kappa shape index (κ1) is 22.1. The number of hydrogen-bond acceptors (Lipinski definition) is 5. The van der Waals surface area contributed by atoms with Crippen LogP contribution in [0.3, 0.4) is 0 Å². The molecule has 2 aliphatic rings. The molecule has 0 spiro atoms. The number of aromatic nitrogens is 4. The zero-order valence-electron chi connectivity index (χ0n) is 19.4. The first-order chi connectivity index (χ1) is 15.7. The topological polar surface area (TPSA) is 62.4 Å². The average Bonchev–Trinajstić information content (AvgIpc) is 2.95. The Bertz CT molecular complexity index is 1030. The summed E-state index contributed by atoms with van der Waals surface area (Å²) in [7, 11) is 2.05. The molecular formula is C25H33N7. The van der Waals surface area contributed by atoms with Crippen LogP contribution in [0.2, 0.25) is 0 Å². The molecule has 0 atom stereocenters. The van der Waals surface area contributed by atoms with Crippen LogP contribution < -0.4 is 0 Å². The highest BCUT2D eigenvalue weighted by molar-refractivity contribution is 5.95. The third kappa shape index (κ3) is 5.05. The van der Waals surface area contributed by atoms with Crippen molar-refractivity contribution >= 4 is 5.84 Å². The second kappa shape index (κ2) is 10.5. The van der Waals surface area contributed by atoms with Gasteiger partial charge in [0.2, 0.25) is 0 Å². The van der Waals surface area contributed by atoms with E-state index in [2.05, 4.69) is 66.6 Å². The molecule has 0 aromatic carbocycles. The van der Waals surface area contributed by atoms with Crippen molar-refractivity contribution in [3.8, 4) is 0 Å². The lowest BCUT2D eigenvalue weighted by molar-refractivity contribution is 0.270. The van der Waals surface area contributed by atoms with Crippen molar-refractivity contribution in [3.05, 3.63) is 77.4 Å². The number of hydrogen-bond donors (Lipinski definition) is 0. The van der Waals surface area contributed by atoms with Gasteiger partial charge in [0.15, 0.2) is 11.7 Å². The third-order valence-electron chi connectivity index (χ3n) is 5.88. The van der Waals surface area contributed by atoms with Crippen molar-refractivity contribution in [1.82, 2.24) is 29.3 Å². The maximum atomic E-state index is 5.09. The van der Waals surface area contributed by atoms with Crippen LogP contribution in [0.25, 0.3) is 0 Å². The SMILES string of the molecule is CCN=C(c1ncccn1)N(C)Cc1nc2c(n1CC)CCN(CC1=CCC=CC=C1)C2. The zero-order chi connectivity index (χ0) is 22.3. The summed E-state index contributed by atoms with van der Waals surface area (Å²) in [4.78, 5) is 23.2. The predicted molar refractivity (Wildman–Crippen MR) is 128 cm³/mol. The molecule has 0 unspecified atom stereocenters. The van der Waals surface area contributed by atoms with Crippen LogP contribution in [0.1, 0.15) is 43.3 Å². The Kier molecular flexibility index (Phi) is 7.27. The van der Waals surface area contributed by atoms with Crippen LogP contribution in [0.5, 0.6) is 0 Å². The molecule has 1 aliphatic carbocycles. The van der Waals surface area contributed by atoms with Gasteiger partial charge in [-0.05, 0) is 31.9 Å². The summed E-state index contributed by atoms with van der Waals surface area (Å²) in [5.74, 6) is 2.54. The highest BCUT2D eigenvalue weighted by Gasteiger charge is 2.25. The Hall–Kier alpha value is -3.06. The van der Waals surface area contributed by atoms with Gasteiger partial charge in [-0.2, -0.15) is 0 Å². The van der Waals surface area contributed by atoms with Crippen LogP contribution in [-0.2, 0) is 26.1 Å². The molecule has 3 heterocycles. The number of imidazole rings is 1. The molecule has 0 bridgehead atoms. The van der Waals surface area contributed by atoms with Crippen LogP contribution >= 0.6 is 0 Å². The lowest BCUT2D eigenvalue weighted by atomic mass is 10.1. The van der Waals surface area contributed by atoms with Gasteiger partial charge >= 0.3 is 0 Å². The second-order valence-electron chi connectivity index (χ2n) is 8.15. The molecule has 0 N–H and O–H groups in total. The molecule has 4 rings (SSSR count). The molecule has 168 valence electrons. The molecule has 2 aromatic heterocycles. The molecule has 0 saturated heterocycles. The normalized spacial score (nSPS) is 16.6. The Morgan fingerprint density at radius 2 is 2.03 bits per heavy atom. The number of aliphatic imine (C=N–C) groups is 1. The standard InChI is InChI=1S/C25H33N7/c1-4-26-25(24-27-14-10-15-28-24)30(3)19-23-29-21-18-31(16-13-22(21)32(23)5-2)17-20-11-8-6-7-9-12-20/h6-8,10-12,14-15H,4-5,9,13,16-19H2,1-3H3.